The summed E-state index contributed by atoms with van der Waals surface area (Å²) in [4.78, 5) is 4.49. The van der Waals surface area contributed by atoms with Crippen molar-refractivity contribution in [1.82, 2.24) is 14.8 Å². The predicted molar refractivity (Wildman–Crippen MR) is 80.2 cm³/mol. The third-order valence-corrected chi connectivity index (χ3v) is 3.62. The maximum Gasteiger partial charge on any atom is 0.264 e. The number of ether oxygens (including phenoxy) is 1. The van der Waals surface area contributed by atoms with Crippen LogP contribution in [-0.2, 0) is 7.05 Å². The summed E-state index contributed by atoms with van der Waals surface area (Å²) < 4.78 is 33.5. The number of rotatable bonds is 3. The number of nitrogens with zero attached hydrogens (tertiary/aromatic N) is 3. The highest BCUT2D eigenvalue weighted by Crippen LogP contribution is 2.33. The highest BCUT2D eigenvalue weighted by molar-refractivity contribution is 5.85. The van der Waals surface area contributed by atoms with Crippen molar-refractivity contribution in [3.63, 3.8) is 0 Å². The maximum atomic E-state index is 13.4. The standard InChI is InChI=1S/C16H15F2N3O/c1-9-14-12(15(17)18)8-13(19-16(14)21(2)20-9)10-4-6-11(22-3)7-5-10/h4-8,15H,1-3H3. The van der Waals surface area contributed by atoms with E-state index < -0.39 is 6.43 Å². The van der Waals surface area contributed by atoms with E-state index in [1.54, 1.807) is 45.3 Å². The van der Waals surface area contributed by atoms with Crippen LogP contribution in [-0.4, -0.2) is 21.9 Å². The Morgan fingerprint density at radius 3 is 2.45 bits per heavy atom. The number of methoxy groups -OCH3 is 1. The van der Waals surface area contributed by atoms with Gasteiger partial charge in [-0.1, -0.05) is 0 Å². The fourth-order valence-electron chi connectivity index (χ4n) is 2.56. The first kappa shape index (κ1) is 14.4. The largest absolute Gasteiger partial charge is 0.497 e. The van der Waals surface area contributed by atoms with Gasteiger partial charge in [0.25, 0.3) is 6.43 Å². The lowest BCUT2D eigenvalue weighted by Gasteiger charge is -2.08. The first-order chi connectivity index (χ1) is 10.5. The van der Waals surface area contributed by atoms with Crippen molar-refractivity contribution in [2.75, 3.05) is 7.11 Å². The van der Waals surface area contributed by atoms with Crippen molar-refractivity contribution < 1.29 is 13.5 Å². The van der Waals surface area contributed by atoms with E-state index in [9.17, 15) is 8.78 Å². The van der Waals surface area contributed by atoms with E-state index in [0.29, 0.717) is 28.2 Å². The van der Waals surface area contributed by atoms with Gasteiger partial charge in [-0.25, -0.2) is 13.8 Å². The van der Waals surface area contributed by atoms with E-state index in [1.807, 2.05) is 0 Å². The minimum Gasteiger partial charge on any atom is -0.497 e. The molecule has 0 aliphatic heterocycles. The van der Waals surface area contributed by atoms with Crippen LogP contribution in [0.2, 0.25) is 0 Å². The molecule has 0 saturated carbocycles. The number of halogens is 2. The quantitative estimate of drug-likeness (QED) is 0.737. The molecule has 0 fully saturated rings. The number of benzene rings is 1. The average molecular weight is 303 g/mol. The zero-order chi connectivity index (χ0) is 15.9. The van der Waals surface area contributed by atoms with Crippen molar-refractivity contribution in [2.45, 2.75) is 13.3 Å². The van der Waals surface area contributed by atoms with Gasteiger partial charge in [0.15, 0.2) is 5.65 Å². The van der Waals surface area contributed by atoms with Crippen LogP contribution in [0.25, 0.3) is 22.3 Å². The van der Waals surface area contributed by atoms with Crippen molar-refractivity contribution in [2.24, 2.45) is 7.05 Å². The van der Waals surface area contributed by atoms with Crippen molar-refractivity contribution >= 4 is 11.0 Å². The number of fused-ring (bicyclic) bond motifs is 1. The zero-order valence-electron chi connectivity index (χ0n) is 12.5. The van der Waals surface area contributed by atoms with Gasteiger partial charge in [0.05, 0.1) is 23.9 Å². The van der Waals surface area contributed by atoms with Gasteiger partial charge in [0, 0.05) is 18.2 Å². The Kier molecular flexibility index (Phi) is 3.52. The Balaban J connectivity index is 2.23. The summed E-state index contributed by atoms with van der Waals surface area (Å²) in [6, 6.07) is 8.58. The molecule has 0 aliphatic rings. The van der Waals surface area contributed by atoms with E-state index in [1.165, 1.54) is 10.7 Å². The van der Waals surface area contributed by atoms with Crippen LogP contribution in [0.3, 0.4) is 0 Å². The van der Waals surface area contributed by atoms with Crippen molar-refractivity contribution in [3.8, 4) is 17.0 Å². The molecule has 114 valence electrons. The summed E-state index contributed by atoms with van der Waals surface area (Å²) in [7, 11) is 3.28. The van der Waals surface area contributed by atoms with Gasteiger partial charge in [-0.2, -0.15) is 5.10 Å². The van der Waals surface area contributed by atoms with Gasteiger partial charge in [0.1, 0.15) is 5.75 Å². The molecule has 22 heavy (non-hydrogen) atoms. The first-order valence-corrected chi connectivity index (χ1v) is 6.78. The van der Waals surface area contributed by atoms with Gasteiger partial charge in [0.2, 0.25) is 0 Å². The molecule has 0 saturated heterocycles. The Morgan fingerprint density at radius 2 is 1.86 bits per heavy atom. The fraction of sp³-hybridized carbons (Fsp3) is 0.250. The lowest BCUT2D eigenvalue weighted by Crippen LogP contribution is -1.96. The molecule has 0 amide bonds. The molecule has 2 heterocycles. The third-order valence-electron chi connectivity index (χ3n) is 3.62. The van der Waals surface area contributed by atoms with E-state index in [2.05, 4.69) is 10.1 Å². The van der Waals surface area contributed by atoms with Gasteiger partial charge in [-0.15, -0.1) is 0 Å². The molecule has 3 rings (SSSR count). The molecule has 0 bridgehead atoms. The Bertz CT molecular complexity index is 826. The minimum atomic E-state index is -2.58. The van der Waals surface area contributed by atoms with Crippen LogP contribution in [0, 0.1) is 6.92 Å². The molecule has 3 aromatic rings. The lowest BCUT2D eigenvalue weighted by atomic mass is 10.1. The second kappa shape index (κ2) is 5.36. The van der Waals surface area contributed by atoms with E-state index in [-0.39, 0.29) is 5.56 Å². The summed E-state index contributed by atoms with van der Waals surface area (Å²) in [5.41, 5.74) is 2.22. The Labute approximate surface area is 126 Å². The summed E-state index contributed by atoms with van der Waals surface area (Å²) in [5.74, 6) is 0.704. The zero-order valence-corrected chi connectivity index (χ0v) is 12.5. The number of hydrogen-bond acceptors (Lipinski definition) is 3. The molecule has 1 aromatic carbocycles. The Morgan fingerprint density at radius 1 is 1.18 bits per heavy atom. The van der Waals surface area contributed by atoms with Gasteiger partial charge < -0.3 is 4.74 Å². The topological polar surface area (TPSA) is 39.9 Å². The molecular formula is C16H15F2N3O. The summed E-state index contributed by atoms with van der Waals surface area (Å²) in [6.07, 6.45) is -2.58. The molecule has 0 atom stereocenters. The van der Waals surface area contributed by atoms with Crippen molar-refractivity contribution in [1.29, 1.82) is 0 Å². The highest BCUT2D eigenvalue weighted by atomic mass is 19.3. The second-order valence-corrected chi connectivity index (χ2v) is 5.03. The second-order valence-electron chi connectivity index (χ2n) is 5.03. The number of aromatic nitrogens is 3. The first-order valence-electron chi connectivity index (χ1n) is 6.78. The van der Waals surface area contributed by atoms with Crippen LogP contribution < -0.4 is 4.74 Å². The van der Waals surface area contributed by atoms with Gasteiger partial charge >= 0.3 is 0 Å². The van der Waals surface area contributed by atoms with Crippen LogP contribution in [0.4, 0.5) is 8.78 Å². The summed E-state index contributed by atoms with van der Waals surface area (Å²) in [5, 5.41) is 4.62. The molecule has 0 radical (unpaired) electrons. The molecular weight excluding hydrogens is 288 g/mol. The predicted octanol–water partition coefficient (Wildman–Crippen LogP) is 3.89. The number of hydrogen-bond donors (Lipinski definition) is 0. The van der Waals surface area contributed by atoms with Crippen molar-refractivity contribution in [3.05, 3.63) is 41.6 Å². The lowest BCUT2D eigenvalue weighted by molar-refractivity contribution is 0.153. The smallest absolute Gasteiger partial charge is 0.264 e. The SMILES string of the molecule is COc1ccc(-c2cc(C(F)F)c3c(C)nn(C)c3n2)cc1. The normalized spacial score (nSPS) is 11.4. The molecule has 2 aromatic heterocycles. The van der Waals surface area contributed by atoms with Gasteiger partial charge in [-0.05, 0) is 37.3 Å². The van der Waals surface area contributed by atoms with Gasteiger partial charge in [-0.3, -0.25) is 4.68 Å². The fourth-order valence-corrected chi connectivity index (χ4v) is 2.56. The highest BCUT2D eigenvalue weighted by Gasteiger charge is 2.20. The van der Waals surface area contributed by atoms with Crippen LogP contribution in [0.5, 0.6) is 5.75 Å². The molecule has 0 spiro atoms. The minimum absolute atomic E-state index is 0.0404. The monoisotopic (exact) mass is 303 g/mol. The summed E-state index contributed by atoms with van der Waals surface area (Å²) in [6.45, 7) is 1.71. The molecule has 4 nitrogen and oxygen atoms in total. The average Bonchev–Trinajstić information content (AvgIpc) is 2.81. The van der Waals surface area contributed by atoms with Crippen LogP contribution in [0.1, 0.15) is 17.7 Å². The van der Waals surface area contributed by atoms with E-state index in [0.717, 1.165) is 5.56 Å². The Hall–Kier alpha value is -2.50. The van der Waals surface area contributed by atoms with E-state index >= 15 is 0 Å². The number of pyridine rings is 1. The van der Waals surface area contributed by atoms with Crippen LogP contribution >= 0.6 is 0 Å². The summed E-state index contributed by atoms with van der Waals surface area (Å²) >= 11 is 0. The third kappa shape index (κ3) is 2.30. The molecule has 6 heteroatoms. The molecule has 0 aliphatic carbocycles. The maximum absolute atomic E-state index is 13.4. The molecule has 0 N–H and O–H groups in total. The molecule has 0 unspecified atom stereocenters. The van der Waals surface area contributed by atoms with Crippen LogP contribution in [0.15, 0.2) is 30.3 Å². The number of alkyl halides is 2. The number of aryl methyl sites for hydroxylation is 2. The van der Waals surface area contributed by atoms with E-state index in [4.69, 9.17) is 4.74 Å².